The molecule has 0 saturated carbocycles. The molecule has 0 spiro atoms. The Balaban J connectivity index is 1.59. The molecule has 1 aliphatic heterocycles. The molecule has 1 aliphatic rings. The molecule has 5 nitrogen and oxygen atoms in total. The summed E-state index contributed by atoms with van der Waals surface area (Å²) in [5.74, 6) is 0.610. The van der Waals surface area contributed by atoms with Crippen LogP contribution in [0.15, 0.2) is 53.5 Å². The average molecular weight is 350 g/mol. The van der Waals surface area contributed by atoms with Gasteiger partial charge in [-0.1, -0.05) is 31.2 Å². The van der Waals surface area contributed by atoms with Crippen LogP contribution in [-0.2, 0) is 17.8 Å². The molecule has 3 rings (SSSR count). The number of guanidine groups is 1. The SMILES string of the molecule is CCc1cccc(NC(N)=NCc2ccc(N3CCCCC3=O)cc2)c1. The molecule has 1 saturated heterocycles. The monoisotopic (exact) mass is 350 g/mol. The van der Waals surface area contributed by atoms with Crippen molar-refractivity contribution in [1.82, 2.24) is 0 Å². The van der Waals surface area contributed by atoms with Gasteiger partial charge in [0.15, 0.2) is 5.96 Å². The van der Waals surface area contributed by atoms with Gasteiger partial charge < -0.3 is 16.0 Å². The Morgan fingerprint density at radius 3 is 2.69 bits per heavy atom. The predicted molar refractivity (Wildman–Crippen MR) is 107 cm³/mol. The average Bonchev–Trinajstić information content (AvgIpc) is 2.67. The zero-order valence-corrected chi connectivity index (χ0v) is 15.2. The first-order valence-electron chi connectivity index (χ1n) is 9.21. The highest BCUT2D eigenvalue weighted by molar-refractivity contribution is 5.94. The molecule has 0 radical (unpaired) electrons. The zero-order valence-electron chi connectivity index (χ0n) is 15.2. The van der Waals surface area contributed by atoms with Gasteiger partial charge in [0.2, 0.25) is 5.91 Å². The van der Waals surface area contributed by atoms with E-state index in [1.165, 1.54) is 5.56 Å². The largest absolute Gasteiger partial charge is 0.370 e. The molecule has 136 valence electrons. The first kappa shape index (κ1) is 18.0. The lowest BCUT2D eigenvalue weighted by atomic mass is 10.1. The maximum atomic E-state index is 12.0. The Morgan fingerprint density at radius 2 is 1.96 bits per heavy atom. The third-order valence-electron chi connectivity index (χ3n) is 4.61. The van der Waals surface area contributed by atoms with Crippen molar-refractivity contribution < 1.29 is 4.79 Å². The van der Waals surface area contributed by atoms with Crippen molar-refractivity contribution >= 4 is 23.2 Å². The number of nitrogens with two attached hydrogens (primary N) is 1. The minimum absolute atomic E-state index is 0.213. The zero-order chi connectivity index (χ0) is 18.4. The number of benzene rings is 2. The Kier molecular flexibility index (Phi) is 5.89. The Bertz CT molecular complexity index is 783. The molecule has 5 heteroatoms. The van der Waals surface area contributed by atoms with Crippen LogP contribution in [0.5, 0.6) is 0 Å². The van der Waals surface area contributed by atoms with Crippen LogP contribution in [0.1, 0.15) is 37.3 Å². The maximum Gasteiger partial charge on any atom is 0.226 e. The fourth-order valence-electron chi connectivity index (χ4n) is 3.09. The molecular formula is C21H26N4O. The molecule has 0 bridgehead atoms. The molecule has 26 heavy (non-hydrogen) atoms. The van der Waals surface area contributed by atoms with Gasteiger partial charge in [-0.05, 0) is 54.7 Å². The third kappa shape index (κ3) is 4.63. The van der Waals surface area contributed by atoms with Crippen LogP contribution in [0.2, 0.25) is 0 Å². The van der Waals surface area contributed by atoms with Crippen molar-refractivity contribution in [2.24, 2.45) is 10.7 Å². The molecule has 2 aromatic carbocycles. The lowest BCUT2D eigenvalue weighted by Crippen LogP contribution is -2.35. The summed E-state index contributed by atoms with van der Waals surface area (Å²) in [5.41, 5.74) is 10.2. The van der Waals surface area contributed by atoms with E-state index in [1.807, 2.05) is 41.3 Å². The molecule has 0 unspecified atom stereocenters. The van der Waals surface area contributed by atoms with E-state index in [0.717, 1.165) is 42.7 Å². The second-order valence-electron chi connectivity index (χ2n) is 6.55. The number of hydrogen-bond acceptors (Lipinski definition) is 2. The van der Waals surface area contributed by atoms with E-state index in [1.54, 1.807) is 0 Å². The van der Waals surface area contributed by atoms with Crippen LogP contribution in [0.25, 0.3) is 0 Å². The summed E-state index contributed by atoms with van der Waals surface area (Å²) in [6, 6.07) is 16.1. The summed E-state index contributed by atoms with van der Waals surface area (Å²) >= 11 is 0. The number of nitrogens with zero attached hydrogens (tertiary/aromatic N) is 2. The van der Waals surface area contributed by atoms with E-state index in [9.17, 15) is 4.79 Å². The number of aryl methyl sites for hydroxylation is 1. The lowest BCUT2D eigenvalue weighted by Gasteiger charge is -2.26. The minimum atomic E-state index is 0.213. The number of aliphatic imine (C=N–C) groups is 1. The first-order valence-corrected chi connectivity index (χ1v) is 9.21. The van der Waals surface area contributed by atoms with Crippen molar-refractivity contribution in [3.8, 4) is 0 Å². The topological polar surface area (TPSA) is 70.7 Å². The van der Waals surface area contributed by atoms with E-state index < -0.39 is 0 Å². The minimum Gasteiger partial charge on any atom is -0.370 e. The first-order chi connectivity index (χ1) is 12.7. The molecule has 3 N–H and O–H groups in total. The molecule has 1 heterocycles. The van der Waals surface area contributed by atoms with Crippen molar-refractivity contribution in [2.75, 3.05) is 16.8 Å². The lowest BCUT2D eigenvalue weighted by molar-refractivity contribution is -0.119. The maximum absolute atomic E-state index is 12.0. The summed E-state index contributed by atoms with van der Waals surface area (Å²) in [6.45, 7) is 3.43. The standard InChI is InChI=1S/C21H26N4O/c1-2-16-6-5-7-18(14-16)24-21(22)23-15-17-9-11-19(12-10-17)25-13-4-3-8-20(25)26/h5-7,9-12,14H,2-4,8,13,15H2,1H3,(H3,22,23,24). The van der Waals surface area contributed by atoms with Gasteiger partial charge in [-0.25, -0.2) is 4.99 Å². The Hall–Kier alpha value is -2.82. The Morgan fingerprint density at radius 1 is 1.15 bits per heavy atom. The summed E-state index contributed by atoms with van der Waals surface area (Å²) in [6.07, 6.45) is 3.70. The van der Waals surface area contributed by atoms with Crippen LogP contribution >= 0.6 is 0 Å². The summed E-state index contributed by atoms with van der Waals surface area (Å²) in [4.78, 5) is 18.3. The van der Waals surface area contributed by atoms with Gasteiger partial charge in [0.05, 0.1) is 6.54 Å². The van der Waals surface area contributed by atoms with Crippen LogP contribution in [0.3, 0.4) is 0 Å². The van der Waals surface area contributed by atoms with Gasteiger partial charge in [0.25, 0.3) is 0 Å². The van der Waals surface area contributed by atoms with Crippen LogP contribution in [0, 0.1) is 0 Å². The normalized spacial score (nSPS) is 15.2. The van der Waals surface area contributed by atoms with E-state index in [0.29, 0.717) is 18.9 Å². The fourth-order valence-corrected chi connectivity index (χ4v) is 3.09. The van der Waals surface area contributed by atoms with Gasteiger partial charge in [0.1, 0.15) is 0 Å². The van der Waals surface area contributed by atoms with Gasteiger partial charge in [0, 0.05) is 24.3 Å². The second kappa shape index (κ2) is 8.52. The van der Waals surface area contributed by atoms with E-state index in [2.05, 4.69) is 29.4 Å². The van der Waals surface area contributed by atoms with Crippen LogP contribution in [-0.4, -0.2) is 18.4 Å². The highest BCUT2D eigenvalue weighted by Crippen LogP contribution is 2.21. The van der Waals surface area contributed by atoms with Gasteiger partial charge in [-0.2, -0.15) is 0 Å². The molecule has 0 atom stereocenters. The molecule has 1 amide bonds. The number of nitrogens with one attached hydrogen (secondary N) is 1. The third-order valence-corrected chi connectivity index (χ3v) is 4.61. The number of amides is 1. The molecule has 2 aromatic rings. The van der Waals surface area contributed by atoms with E-state index >= 15 is 0 Å². The van der Waals surface area contributed by atoms with Crippen molar-refractivity contribution in [2.45, 2.75) is 39.2 Å². The second-order valence-corrected chi connectivity index (χ2v) is 6.55. The molecule has 1 fully saturated rings. The highest BCUT2D eigenvalue weighted by Gasteiger charge is 2.19. The van der Waals surface area contributed by atoms with E-state index in [-0.39, 0.29) is 5.91 Å². The number of anilines is 2. The number of rotatable bonds is 5. The smallest absolute Gasteiger partial charge is 0.226 e. The Labute approximate surface area is 154 Å². The summed E-state index contributed by atoms with van der Waals surface area (Å²) < 4.78 is 0. The quantitative estimate of drug-likeness (QED) is 0.638. The molecule has 0 aromatic heterocycles. The number of carbonyl (C=O) groups is 1. The molecule has 0 aliphatic carbocycles. The number of carbonyl (C=O) groups excluding carboxylic acids is 1. The van der Waals surface area contributed by atoms with Crippen molar-refractivity contribution in [3.63, 3.8) is 0 Å². The number of piperidine rings is 1. The predicted octanol–water partition coefficient (Wildman–Crippen LogP) is 3.69. The van der Waals surface area contributed by atoms with Gasteiger partial charge in [-0.3, -0.25) is 4.79 Å². The number of hydrogen-bond donors (Lipinski definition) is 2. The highest BCUT2D eigenvalue weighted by atomic mass is 16.2. The van der Waals surface area contributed by atoms with Crippen LogP contribution in [0.4, 0.5) is 11.4 Å². The van der Waals surface area contributed by atoms with Gasteiger partial charge in [-0.15, -0.1) is 0 Å². The van der Waals surface area contributed by atoms with E-state index in [4.69, 9.17) is 5.73 Å². The fraction of sp³-hybridized carbons (Fsp3) is 0.333. The van der Waals surface area contributed by atoms with Crippen molar-refractivity contribution in [1.29, 1.82) is 0 Å². The molecular weight excluding hydrogens is 324 g/mol. The van der Waals surface area contributed by atoms with Crippen LogP contribution < -0.4 is 16.0 Å². The van der Waals surface area contributed by atoms with Crippen molar-refractivity contribution in [3.05, 3.63) is 59.7 Å². The summed E-state index contributed by atoms with van der Waals surface area (Å²) in [7, 11) is 0. The summed E-state index contributed by atoms with van der Waals surface area (Å²) in [5, 5.41) is 3.13. The van der Waals surface area contributed by atoms with Gasteiger partial charge >= 0.3 is 0 Å².